The predicted molar refractivity (Wildman–Crippen MR) is 168 cm³/mol. The molecule has 3 atom stereocenters. The van der Waals surface area contributed by atoms with Gasteiger partial charge in [0.05, 0.1) is 6.04 Å². The third-order valence-electron chi connectivity index (χ3n) is 8.05. The van der Waals surface area contributed by atoms with Crippen LogP contribution in [-0.2, 0) is 27.2 Å². The van der Waals surface area contributed by atoms with Crippen molar-refractivity contribution in [2.75, 3.05) is 32.0 Å². The van der Waals surface area contributed by atoms with Crippen LogP contribution in [0.1, 0.15) is 17.5 Å². The van der Waals surface area contributed by atoms with Crippen LogP contribution in [-0.4, -0.2) is 77.3 Å². The lowest BCUT2D eigenvalue weighted by Gasteiger charge is -2.44. The fraction of sp³-hybridized carbons (Fsp3) is 0.294. The third-order valence-corrected chi connectivity index (χ3v) is 8.05. The minimum absolute atomic E-state index is 0.184. The van der Waals surface area contributed by atoms with E-state index in [0.29, 0.717) is 18.8 Å². The number of hydrogen-bond donors (Lipinski definition) is 3. The SMILES string of the molecule is CNC(=O)[C@H](Cc1ccc2ccccc2c1)N1CCN(C(=O)[C@H](N)Cc2ccc(F)cc2)[C@@H](CCNc2ccccn2)C1=O. The second-order valence-corrected chi connectivity index (χ2v) is 11.0. The van der Waals surface area contributed by atoms with Crippen molar-refractivity contribution in [2.45, 2.75) is 37.4 Å². The van der Waals surface area contributed by atoms with Crippen molar-refractivity contribution in [2.24, 2.45) is 5.73 Å². The van der Waals surface area contributed by atoms with Crippen LogP contribution in [0.5, 0.6) is 0 Å². The van der Waals surface area contributed by atoms with Crippen molar-refractivity contribution in [3.8, 4) is 0 Å². The van der Waals surface area contributed by atoms with Crippen LogP contribution in [0.15, 0.2) is 91.1 Å². The minimum atomic E-state index is -0.918. The highest BCUT2D eigenvalue weighted by atomic mass is 19.1. The summed E-state index contributed by atoms with van der Waals surface area (Å²) in [7, 11) is 1.56. The predicted octanol–water partition coefficient (Wildman–Crippen LogP) is 3.14. The molecular weight excluding hydrogens is 559 g/mol. The lowest BCUT2D eigenvalue weighted by atomic mass is 9.97. The minimum Gasteiger partial charge on any atom is -0.370 e. The lowest BCUT2D eigenvalue weighted by Crippen LogP contribution is -2.65. The Balaban J connectivity index is 1.37. The highest BCUT2D eigenvalue weighted by Crippen LogP contribution is 2.23. The van der Waals surface area contributed by atoms with Gasteiger partial charge in [0.25, 0.3) is 0 Å². The molecule has 3 aromatic carbocycles. The zero-order valence-electron chi connectivity index (χ0n) is 24.7. The highest BCUT2D eigenvalue weighted by molar-refractivity contribution is 5.94. The molecule has 0 unspecified atom stereocenters. The summed E-state index contributed by atoms with van der Waals surface area (Å²) >= 11 is 0. The van der Waals surface area contributed by atoms with Gasteiger partial charge in [-0.2, -0.15) is 0 Å². The molecule has 0 saturated carbocycles. The molecule has 4 aromatic rings. The molecule has 10 heteroatoms. The molecule has 1 fully saturated rings. The van der Waals surface area contributed by atoms with E-state index in [1.54, 1.807) is 30.3 Å². The summed E-state index contributed by atoms with van der Waals surface area (Å²) in [5.74, 6) is -0.667. The van der Waals surface area contributed by atoms with Crippen LogP contribution in [0.2, 0.25) is 0 Å². The van der Waals surface area contributed by atoms with Crippen LogP contribution >= 0.6 is 0 Å². The Morgan fingerprint density at radius 2 is 1.68 bits per heavy atom. The molecule has 5 rings (SSSR count). The molecular formula is C34H37FN6O3. The largest absolute Gasteiger partial charge is 0.370 e. The number of piperazine rings is 1. The first-order chi connectivity index (χ1) is 21.3. The number of aromatic nitrogens is 1. The number of hydrogen-bond acceptors (Lipinski definition) is 6. The van der Waals surface area contributed by atoms with Crippen LogP contribution in [0.25, 0.3) is 10.8 Å². The van der Waals surface area contributed by atoms with E-state index in [1.807, 2.05) is 60.7 Å². The molecule has 3 amide bonds. The van der Waals surface area contributed by atoms with Gasteiger partial charge in [0.1, 0.15) is 23.7 Å². The highest BCUT2D eigenvalue weighted by Gasteiger charge is 2.42. The Kier molecular flexibility index (Phi) is 9.81. The molecule has 9 nitrogen and oxygen atoms in total. The first-order valence-corrected chi connectivity index (χ1v) is 14.8. The van der Waals surface area contributed by atoms with Crippen molar-refractivity contribution in [1.82, 2.24) is 20.1 Å². The summed E-state index contributed by atoms with van der Waals surface area (Å²) in [4.78, 5) is 48.5. The monoisotopic (exact) mass is 596 g/mol. The van der Waals surface area contributed by atoms with Crippen molar-refractivity contribution in [3.05, 3.63) is 108 Å². The van der Waals surface area contributed by atoms with Gasteiger partial charge in [0.2, 0.25) is 17.7 Å². The van der Waals surface area contributed by atoms with E-state index in [2.05, 4.69) is 15.6 Å². The second-order valence-electron chi connectivity index (χ2n) is 11.0. The Labute approximate surface area is 256 Å². The molecule has 2 heterocycles. The molecule has 4 N–H and O–H groups in total. The topological polar surface area (TPSA) is 121 Å². The van der Waals surface area contributed by atoms with Gasteiger partial charge in [-0.15, -0.1) is 0 Å². The van der Waals surface area contributed by atoms with Crippen LogP contribution in [0.3, 0.4) is 0 Å². The number of carbonyl (C=O) groups is 3. The zero-order valence-corrected chi connectivity index (χ0v) is 24.7. The second kappa shape index (κ2) is 14.1. The Bertz CT molecular complexity index is 1600. The van der Waals surface area contributed by atoms with Gasteiger partial charge in [0, 0.05) is 39.3 Å². The number of nitrogens with two attached hydrogens (primary N) is 1. The number of amides is 3. The maximum atomic E-state index is 14.2. The normalized spacial score (nSPS) is 16.4. The average molecular weight is 597 g/mol. The number of anilines is 1. The van der Waals surface area contributed by atoms with E-state index in [0.717, 1.165) is 21.9 Å². The smallest absolute Gasteiger partial charge is 0.246 e. The Hall–Kier alpha value is -4.83. The number of nitrogens with zero attached hydrogens (tertiary/aromatic N) is 3. The van der Waals surface area contributed by atoms with Gasteiger partial charge < -0.3 is 26.2 Å². The van der Waals surface area contributed by atoms with Gasteiger partial charge in [-0.25, -0.2) is 9.37 Å². The summed E-state index contributed by atoms with van der Waals surface area (Å²) in [5.41, 5.74) is 8.01. The van der Waals surface area contributed by atoms with E-state index in [9.17, 15) is 18.8 Å². The lowest BCUT2D eigenvalue weighted by molar-refractivity contribution is -0.156. The van der Waals surface area contributed by atoms with Gasteiger partial charge in [-0.3, -0.25) is 14.4 Å². The van der Waals surface area contributed by atoms with Gasteiger partial charge >= 0.3 is 0 Å². The quantitative estimate of drug-likeness (QED) is 0.245. The fourth-order valence-corrected chi connectivity index (χ4v) is 5.74. The van der Waals surface area contributed by atoms with E-state index in [4.69, 9.17) is 5.73 Å². The number of rotatable bonds is 11. The first-order valence-electron chi connectivity index (χ1n) is 14.8. The van der Waals surface area contributed by atoms with Gasteiger partial charge in [-0.1, -0.05) is 60.7 Å². The molecule has 228 valence electrons. The molecule has 0 aliphatic carbocycles. The van der Waals surface area contributed by atoms with Crippen LogP contribution in [0, 0.1) is 5.82 Å². The number of halogens is 1. The number of fused-ring (bicyclic) bond motifs is 1. The Morgan fingerprint density at radius 3 is 2.41 bits per heavy atom. The number of pyridine rings is 1. The number of nitrogens with one attached hydrogen (secondary N) is 2. The van der Waals surface area contributed by atoms with E-state index in [-0.39, 0.29) is 49.5 Å². The maximum absolute atomic E-state index is 14.2. The van der Waals surface area contributed by atoms with E-state index in [1.165, 1.54) is 17.0 Å². The first kappa shape index (κ1) is 30.6. The number of likely N-dealkylation sites (N-methyl/N-ethyl adjacent to an activating group) is 1. The third kappa shape index (κ3) is 7.20. The van der Waals surface area contributed by atoms with Crippen LogP contribution in [0.4, 0.5) is 10.2 Å². The molecule has 1 aliphatic heterocycles. The van der Waals surface area contributed by atoms with E-state index < -0.39 is 18.1 Å². The standard InChI is InChI=1S/C34H37FN6O3/c1-37-32(42)30(22-24-9-12-25-6-2-3-7-26(25)20-24)41-19-18-40(33(43)28(36)21-23-10-13-27(35)14-11-23)29(34(41)44)15-17-39-31-8-4-5-16-38-31/h2-14,16,20,28-30H,15,17-19,21-22,36H2,1H3,(H,37,42)(H,38,39)/t28-,29+,30+/m1/s1. The molecule has 1 aliphatic rings. The fourth-order valence-electron chi connectivity index (χ4n) is 5.74. The van der Waals surface area contributed by atoms with Crippen molar-refractivity contribution in [3.63, 3.8) is 0 Å². The molecule has 1 saturated heterocycles. The average Bonchev–Trinajstić information content (AvgIpc) is 3.05. The number of benzene rings is 3. The molecule has 0 bridgehead atoms. The van der Waals surface area contributed by atoms with Crippen molar-refractivity contribution in [1.29, 1.82) is 0 Å². The summed E-state index contributed by atoms with van der Waals surface area (Å²) in [6.45, 7) is 0.776. The van der Waals surface area contributed by atoms with Gasteiger partial charge in [-0.05, 0) is 59.0 Å². The van der Waals surface area contributed by atoms with E-state index >= 15 is 0 Å². The molecule has 0 spiro atoms. The van der Waals surface area contributed by atoms with Crippen LogP contribution < -0.4 is 16.4 Å². The molecule has 0 radical (unpaired) electrons. The number of carbonyl (C=O) groups excluding carboxylic acids is 3. The zero-order chi connectivity index (χ0) is 31.1. The maximum Gasteiger partial charge on any atom is 0.246 e. The summed E-state index contributed by atoms with van der Waals surface area (Å²) in [6, 6.07) is 22.8. The van der Waals surface area contributed by atoms with Crippen molar-refractivity contribution >= 4 is 34.3 Å². The summed E-state index contributed by atoms with van der Waals surface area (Å²) in [6.07, 6.45) is 2.49. The Morgan fingerprint density at radius 1 is 0.955 bits per heavy atom. The molecule has 44 heavy (non-hydrogen) atoms. The summed E-state index contributed by atoms with van der Waals surface area (Å²) < 4.78 is 13.4. The molecule has 1 aromatic heterocycles. The van der Waals surface area contributed by atoms with Gasteiger partial charge in [0.15, 0.2) is 0 Å². The summed E-state index contributed by atoms with van der Waals surface area (Å²) in [5, 5.41) is 8.08. The van der Waals surface area contributed by atoms with Crippen molar-refractivity contribution < 1.29 is 18.8 Å².